The maximum absolute atomic E-state index is 11.9. The number of aliphatic hydroxyl groups is 1. The highest BCUT2D eigenvalue weighted by molar-refractivity contribution is 7.89. The van der Waals surface area contributed by atoms with Crippen LogP contribution in [0.2, 0.25) is 0 Å². The van der Waals surface area contributed by atoms with E-state index in [4.69, 9.17) is 9.84 Å². The lowest BCUT2D eigenvalue weighted by molar-refractivity contribution is 0.201. The molecular formula is C12H20N2O4S. The fourth-order valence-electron chi connectivity index (χ4n) is 1.37. The summed E-state index contributed by atoms with van der Waals surface area (Å²) >= 11 is 0. The minimum Gasteiger partial charge on any atom is -0.491 e. The topological polar surface area (TPSA) is 78.9 Å². The van der Waals surface area contributed by atoms with Crippen LogP contribution in [-0.2, 0) is 10.0 Å². The number of likely N-dealkylation sites (N-methyl/N-ethyl adjacent to an activating group) is 1. The Labute approximate surface area is 114 Å². The van der Waals surface area contributed by atoms with Gasteiger partial charge in [-0.25, -0.2) is 13.1 Å². The molecule has 0 amide bonds. The van der Waals surface area contributed by atoms with Crippen LogP contribution in [0, 0.1) is 0 Å². The summed E-state index contributed by atoms with van der Waals surface area (Å²) in [5.41, 5.74) is 0. The van der Waals surface area contributed by atoms with E-state index >= 15 is 0 Å². The van der Waals surface area contributed by atoms with Gasteiger partial charge in [-0.1, -0.05) is 0 Å². The van der Waals surface area contributed by atoms with Crippen LogP contribution in [0.4, 0.5) is 0 Å². The van der Waals surface area contributed by atoms with Crippen LogP contribution in [0.5, 0.6) is 5.75 Å². The third-order valence-electron chi connectivity index (χ3n) is 2.35. The van der Waals surface area contributed by atoms with Gasteiger partial charge in [0.25, 0.3) is 0 Å². The minimum absolute atomic E-state index is 0.0772. The van der Waals surface area contributed by atoms with Crippen molar-refractivity contribution in [2.45, 2.75) is 4.90 Å². The maximum Gasteiger partial charge on any atom is 0.240 e. The van der Waals surface area contributed by atoms with Crippen molar-refractivity contribution in [2.75, 3.05) is 40.4 Å². The van der Waals surface area contributed by atoms with E-state index in [-0.39, 0.29) is 18.1 Å². The summed E-state index contributed by atoms with van der Waals surface area (Å²) in [5.74, 6) is 0.529. The van der Waals surface area contributed by atoms with Crippen LogP contribution in [0.1, 0.15) is 0 Å². The first-order valence-corrected chi connectivity index (χ1v) is 7.42. The Kier molecular flexibility index (Phi) is 6.23. The number of nitrogens with zero attached hydrogens (tertiary/aromatic N) is 1. The van der Waals surface area contributed by atoms with Gasteiger partial charge in [-0.3, -0.25) is 0 Å². The smallest absolute Gasteiger partial charge is 0.240 e. The molecule has 0 bridgehead atoms. The number of hydrogen-bond donors (Lipinski definition) is 2. The molecular weight excluding hydrogens is 268 g/mol. The second-order valence-electron chi connectivity index (χ2n) is 4.24. The maximum atomic E-state index is 11.9. The third kappa shape index (κ3) is 5.56. The quantitative estimate of drug-likeness (QED) is 0.698. The van der Waals surface area contributed by atoms with Crippen molar-refractivity contribution in [3.05, 3.63) is 24.3 Å². The number of sulfonamides is 1. The lowest BCUT2D eigenvalue weighted by Gasteiger charge is -2.11. The molecule has 1 aromatic rings. The van der Waals surface area contributed by atoms with Gasteiger partial charge in [0, 0.05) is 13.1 Å². The predicted molar refractivity (Wildman–Crippen MR) is 72.8 cm³/mol. The standard InChI is InChI=1S/C12H20N2O4S/c1-14(2)8-7-13-19(16,17)12-5-3-11(4-6-12)18-10-9-15/h3-6,13,15H,7-10H2,1-2H3. The van der Waals surface area contributed by atoms with E-state index < -0.39 is 10.0 Å². The molecule has 0 saturated heterocycles. The van der Waals surface area contributed by atoms with Gasteiger partial charge in [0.1, 0.15) is 12.4 Å². The fourth-order valence-corrected chi connectivity index (χ4v) is 2.39. The Hall–Kier alpha value is -1.15. The Morgan fingerprint density at radius 1 is 1.26 bits per heavy atom. The number of rotatable bonds is 8. The molecule has 6 nitrogen and oxygen atoms in total. The van der Waals surface area contributed by atoms with Gasteiger partial charge in [0.15, 0.2) is 0 Å². The van der Waals surface area contributed by atoms with E-state index in [1.54, 1.807) is 12.1 Å². The summed E-state index contributed by atoms with van der Waals surface area (Å²) in [6.45, 7) is 1.11. The van der Waals surface area contributed by atoms with Crippen LogP contribution in [-0.4, -0.2) is 58.8 Å². The summed E-state index contributed by atoms with van der Waals surface area (Å²) in [6.07, 6.45) is 0. The summed E-state index contributed by atoms with van der Waals surface area (Å²) in [5, 5.41) is 8.62. The van der Waals surface area contributed by atoms with E-state index in [1.807, 2.05) is 19.0 Å². The summed E-state index contributed by atoms with van der Waals surface area (Å²) in [4.78, 5) is 2.09. The van der Waals surface area contributed by atoms with Gasteiger partial charge < -0.3 is 14.7 Å². The fraction of sp³-hybridized carbons (Fsp3) is 0.500. The molecule has 2 N–H and O–H groups in total. The van der Waals surface area contributed by atoms with Gasteiger partial charge in [-0.15, -0.1) is 0 Å². The first-order valence-electron chi connectivity index (χ1n) is 5.94. The molecule has 0 aliphatic rings. The molecule has 0 aliphatic carbocycles. The molecule has 0 heterocycles. The molecule has 1 aromatic carbocycles. The second kappa shape index (κ2) is 7.44. The Balaban J connectivity index is 2.63. The average Bonchev–Trinajstić information content (AvgIpc) is 2.36. The van der Waals surface area contributed by atoms with Crippen LogP contribution >= 0.6 is 0 Å². The van der Waals surface area contributed by atoms with E-state index in [1.165, 1.54) is 12.1 Å². The lowest BCUT2D eigenvalue weighted by atomic mass is 10.3. The van der Waals surface area contributed by atoms with E-state index in [2.05, 4.69) is 4.72 Å². The molecule has 1 rings (SSSR count). The number of hydrogen-bond acceptors (Lipinski definition) is 5. The molecule has 0 fully saturated rings. The molecule has 0 atom stereocenters. The molecule has 0 saturated carbocycles. The molecule has 0 radical (unpaired) electrons. The van der Waals surface area contributed by atoms with Crippen molar-refractivity contribution < 1.29 is 18.3 Å². The average molecular weight is 288 g/mol. The molecule has 0 unspecified atom stereocenters. The predicted octanol–water partition coefficient (Wildman–Crippen LogP) is -0.102. The Morgan fingerprint density at radius 3 is 2.42 bits per heavy atom. The number of benzene rings is 1. The van der Waals surface area contributed by atoms with E-state index in [0.29, 0.717) is 18.8 Å². The first-order chi connectivity index (χ1) is 8.95. The molecule has 0 aromatic heterocycles. The van der Waals surface area contributed by atoms with Crippen molar-refractivity contribution in [2.24, 2.45) is 0 Å². The van der Waals surface area contributed by atoms with Crippen molar-refractivity contribution in [1.29, 1.82) is 0 Å². The first kappa shape index (κ1) is 15.9. The normalized spacial score (nSPS) is 11.8. The van der Waals surface area contributed by atoms with Crippen molar-refractivity contribution in [3.8, 4) is 5.75 Å². The number of ether oxygens (including phenoxy) is 1. The van der Waals surface area contributed by atoms with Gasteiger partial charge in [0.05, 0.1) is 11.5 Å². The zero-order chi connectivity index (χ0) is 14.3. The zero-order valence-electron chi connectivity index (χ0n) is 11.2. The highest BCUT2D eigenvalue weighted by atomic mass is 32.2. The van der Waals surface area contributed by atoms with Crippen molar-refractivity contribution in [1.82, 2.24) is 9.62 Å². The molecule has 0 spiro atoms. The van der Waals surface area contributed by atoms with Crippen LogP contribution < -0.4 is 9.46 Å². The van der Waals surface area contributed by atoms with E-state index in [0.717, 1.165) is 0 Å². The Morgan fingerprint density at radius 2 is 1.89 bits per heavy atom. The number of aliphatic hydroxyl groups excluding tert-OH is 1. The van der Waals surface area contributed by atoms with Crippen LogP contribution in [0.15, 0.2) is 29.2 Å². The van der Waals surface area contributed by atoms with Gasteiger partial charge in [0.2, 0.25) is 10.0 Å². The molecule has 7 heteroatoms. The highest BCUT2D eigenvalue weighted by Crippen LogP contribution is 2.15. The van der Waals surface area contributed by atoms with Gasteiger partial charge in [-0.2, -0.15) is 0 Å². The molecule has 108 valence electrons. The van der Waals surface area contributed by atoms with Crippen molar-refractivity contribution >= 4 is 10.0 Å². The zero-order valence-corrected chi connectivity index (χ0v) is 12.0. The highest BCUT2D eigenvalue weighted by Gasteiger charge is 2.13. The Bertz CT molecular complexity index is 471. The second-order valence-corrected chi connectivity index (χ2v) is 6.01. The summed E-state index contributed by atoms with van der Waals surface area (Å²) in [6, 6.07) is 6.09. The van der Waals surface area contributed by atoms with Gasteiger partial charge in [-0.05, 0) is 38.4 Å². The largest absolute Gasteiger partial charge is 0.491 e. The van der Waals surface area contributed by atoms with Crippen molar-refractivity contribution in [3.63, 3.8) is 0 Å². The van der Waals surface area contributed by atoms with Crippen LogP contribution in [0.3, 0.4) is 0 Å². The SMILES string of the molecule is CN(C)CCNS(=O)(=O)c1ccc(OCCO)cc1. The summed E-state index contributed by atoms with van der Waals surface area (Å²) < 4.78 is 31.5. The minimum atomic E-state index is -3.47. The molecule has 0 aliphatic heterocycles. The third-order valence-corrected chi connectivity index (χ3v) is 3.82. The van der Waals surface area contributed by atoms with E-state index in [9.17, 15) is 8.42 Å². The summed E-state index contributed by atoms with van der Waals surface area (Å²) in [7, 11) is 0.278. The number of nitrogens with one attached hydrogen (secondary N) is 1. The van der Waals surface area contributed by atoms with Crippen LogP contribution in [0.25, 0.3) is 0 Å². The molecule has 19 heavy (non-hydrogen) atoms. The monoisotopic (exact) mass is 288 g/mol. The lowest BCUT2D eigenvalue weighted by Crippen LogP contribution is -2.31. The van der Waals surface area contributed by atoms with Gasteiger partial charge >= 0.3 is 0 Å².